The van der Waals surface area contributed by atoms with Crippen molar-refractivity contribution in [2.24, 2.45) is 5.41 Å². The second kappa shape index (κ2) is 5.56. The molecule has 0 aliphatic carbocycles. The van der Waals surface area contributed by atoms with Crippen LogP contribution in [0.2, 0.25) is 0 Å². The van der Waals surface area contributed by atoms with Crippen molar-refractivity contribution in [2.75, 3.05) is 6.54 Å². The van der Waals surface area contributed by atoms with Crippen LogP contribution in [0.5, 0.6) is 0 Å². The average molecular weight is 294 g/mol. The third kappa shape index (κ3) is 3.20. The van der Waals surface area contributed by atoms with Crippen LogP contribution in [0.3, 0.4) is 0 Å². The number of amides is 2. The van der Waals surface area contributed by atoms with Crippen LogP contribution < -0.4 is 5.32 Å². The zero-order valence-corrected chi connectivity index (χ0v) is 13.3. The molecule has 5 heteroatoms. The molecule has 2 heterocycles. The smallest absolute Gasteiger partial charge is 0.246 e. The summed E-state index contributed by atoms with van der Waals surface area (Å²) in [6, 6.07) is -0.448. The summed E-state index contributed by atoms with van der Waals surface area (Å²) in [5.41, 5.74) is 2.10. The summed E-state index contributed by atoms with van der Waals surface area (Å²) >= 11 is 1.65. The maximum atomic E-state index is 12.7. The highest BCUT2D eigenvalue weighted by Crippen LogP contribution is 2.25. The molecule has 2 rings (SSSR count). The van der Waals surface area contributed by atoms with E-state index in [2.05, 4.69) is 23.0 Å². The van der Waals surface area contributed by atoms with Crippen molar-refractivity contribution in [1.29, 1.82) is 0 Å². The van der Waals surface area contributed by atoms with Gasteiger partial charge in [0.05, 0.1) is 0 Å². The van der Waals surface area contributed by atoms with Crippen LogP contribution in [0.25, 0.3) is 0 Å². The first-order chi connectivity index (χ1) is 9.29. The molecule has 4 nitrogen and oxygen atoms in total. The number of rotatable bonds is 2. The number of nitrogens with one attached hydrogen (secondary N) is 1. The number of hydrogen-bond acceptors (Lipinski definition) is 3. The Morgan fingerprint density at radius 2 is 2.05 bits per heavy atom. The topological polar surface area (TPSA) is 49.4 Å². The highest BCUT2D eigenvalue weighted by molar-refractivity contribution is 7.08. The molecule has 1 saturated heterocycles. The zero-order valence-electron chi connectivity index (χ0n) is 12.5. The highest BCUT2D eigenvalue weighted by atomic mass is 32.1. The van der Waals surface area contributed by atoms with Gasteiger partial charge >= 0.3 is 0 Å². The Morgan fingerprint density at radius 3 is 2.60 bits per heavy atom. The van der Waals surface area contributed by atoms with Crippen LogP contribution in [-0.2, 0) is 16.1 Å². The quantitative estimate of drug-likeness (QED) is 0.910. The first-order valence-corrected chi connectivity index (χ1v) is 7.83. The molecule has 0 bridgehead atoms. The molecular formula is C15H22N2O2S. The predicted octanol–water partition coefficient (Wildman–Crippen LogP) is 2.32. The van der Waals surface area contributed by atoms with Gasteiger partial charge in [-0.15, -0.1) is 0 Å². The van der Waals surface area contributed by atoms with E-state index in [0.717, 1.165) is 0 Å². The number of carbonyl (C=O) groups excluding carboxylic acids is 2. The van der Waals surface area contributed by atoms with Crippen LogP contribution in [0, 0.1) is 12.3 Å². The first kappa shape index (κ1) is 15.0. The molecule has 1 aromatic rings. The largest absolute Gasteiger partial charge is 0.344 e. The van der Waals surface area contributed by atoms with Gasteiger partial charge in [-0.1, -0.05) is 20.8 Å². The highest BCUT2D eigenvalue weighted by Gasteiger charge is 2.37. The Hall–Kier alpha value is -1.36. The lowest BCUT2D eigenvalue weighted by Gasteiger charge is -2.32. The fourth-order valence-corrected chi connectivity index (χ4v) is 3.17. The van der Waals surface area contributed by atoms with Gasteiger partial charge in [-0.25, -0.2) is 0 Å². The molecule has 0 saturated carbocycles. The number of hydrogen-bond donors (Lipinski definition) is 1. The minimum absolute atomic E-state index is 0.0222. The zero-order chi connectivity index (χ0) is 14.9. The van der Waals surface area contributed by atoms with E-state index in [9.17, 15) is 9.59 Å². The van der Waals surface area contributed by atoms with Gasteiger partial charge in [0.1, 0.15) is 6.04 Å². The van der Waals surface area contributed by atoms with Gasteiger partial charge in [-0.2, -0.15) is 11.3 Å². The maximum Gasteiger partial charge on any atom is 0.246 e. The van der Waals surface area contributed by atoms with Crippen LogP contribution in [0.4, 0.5) is 0 Å². The minimum Gasteiger partial charge on any atom is -0.344 e. The Bertz CT molecular complexity index is 516. The monoisotopic (exact) mass is 294 g/mol. The van der Waals surface area contributed by atoms with Crippen molar-refractivity contribution in [3.05, 3.63) is 21.9 Å². The van der Waals surface area contributed by atoms with Crippen molar-refractivity contribution < 1.29 is 9.59 Å². The van der Waals surface area contributed by atoms with E-state index in [1.807, 2.05) is 25.7 Å². The van der Waals surface area contributed by atoms with Gasteiger partial charge in [-0.3, -0.25) is 9.59 Å². The molecule has 1 atom stereocenters. The van der Waals surface area contributed by atoms with E-state index in [4.69, 9.17) is 0 Å². The number of carbonyl (C=O) groups is 2. The molecule has 20 heavy (non-hydrogen) atoms. The Labute approximate surface area is 124 Å². The molecule has 2 amide bonds. The second-order valence-electron chi connectivity index (χ2n) is 6.46. The van der Waals surface area contributed by atoms with Crippen LogP contribution in [-0.4, -0.2) is 29.3 Å². The molecule has 0 spiro atoms. The molecule has 1 fully saturated rings. The number of thiophene rings is 1. The normalized spacial score (nSPS) is 20.8. The fraction of sp³-hybridized carbons (Fsp3) is 0.600. The number of aryl methyl sites for hydroxylation is 1. The SMILES string of the molecule is Cc1cscc1CN1CCC(=O)NC(C(C)(C)C)C1=O. The minimum atomic E-state index is -0.448. The summed E-state index contributed by atoms with van der Waals surface area (Å²) in [4.78, 5) is 26.3. The molecule has 1 N–H and O–H groups in total. The summed E-state index contributed by atoms with van der Waals surface area (Å²) in [6.07, 6.45) is 0.376. The fourth-order valence-electron chi connectivity index (χ4n) is 2.32. The Kier molecular flexibility index (Phi) is 4.18. The van der Waals surface area contributed by atoms with E-state index < -0.39 is 6.04 Å². The lowest BCUT2D eigenvalue weighted by molar-refractivity contribution is -0.136. The van der Waals surface area contributed by atoms with E-state index in [0.29, 0.717) is 19.5 Å². The summed E-state index contributed by atoms with van der Waals surface area (Å²) in [5.74, 6) is -0.0169. The molecule has 0 radical (unpaired) electrons. The van der Waals surface area contributed by atoms with Crippen LogP contribution in [0.15, 0.2) is 10.8 Å². The summed E-state index contributed by atoms with van der Waals surface area (Å²) < 4.78 is 0. The van der Waals surface area contributed by atoms with Gasteiger partial charge < -0.3 is 10.2 Å². The van der Waals surface area contributed by atoms with Crippen LogP contribution in [0.1, 0.15) is 38.3 Å². The summed E-state index contributed by atoms with van der Waals surface area (Å²) in [5, 5.41) is 7.03. The second-order valence-corrected chi connectivity index (χ2v) is 7.20. The lowest BCUT2D eigenvalue weighted by Crippen LogP contribution is -2.51. The summed E-state index contributed by atoms with van der Waals surface area (Å²) in [6.45, 7) is 9.08. The Balaban J connectivity index is 2.22. The van der Waals surface area contributed by atoms with Gasteiger partial charge in [0, 0.05) is 19.5 Å². The van der Waals surface area contributed by atoms with E-state index in [-0.39, 0.29) is 17.2 Å². The van der Waals surface area contributed by atoms with Crippen LogP contribution >= 0.6 is 11.3 Å². The van der Waals surface area contributed by atoms with Crippen molar-refractivity contribution in [3.63, 3.8) is 0 Å². The molecule has 1 unspecified atom stereocenters. The molecular weight excluding hydrogens is 272 g/mol. The van der Waals surface area contributed by atoms with E-state index >= 15 is 0 Å². The maximum absolute atomic E-state index is 12.7. The Morgan fingerprint density at radius 1 is 1.35 bits per heavy atom. The third-order valence-electron chi connectivity index (χ3n) is 3.66. The summed E-state index contributed by atoms with van der Waals surface area (Å²) in [7, 11) is 0. The molecule has 1 aromatic heterocycles. The molecule has 0 aromatic carbocycles. The molecule has 1 aliphatic heterocycles. The van der Waals surface area contributed by atoms with E-state index in [1.165, 1.54) is 11.1 Å². The standard InChI is InChI=1S/C15H22N2O2S/c1-10-8-20-9-11(10)7-17-6-5-12(18)16-13(14(17)19)15(2,3)4/h8-9,13H,5-7H2,1-4H3,(H,16,18). The van der Waals surface area contributed by atoms with Crippen molar-refractivity contribution in [3.8, 4) is 0 Å². The average Bonchev–Trinajstić information content (AvgIpc) is 2.68. The first-order valence-electron chi connectivity index (χ1n) is 6.89. The molecule has 1 aliphatic rings. The van der Waals surface area contributed by atoms with Crippen molar-refractivity contribution in [2.45, 2.75) is 46.7 Å². The van der Waals surface area contributed by atoms with Gasteiger partial charge in [0.25, 0.3) is 0 Å². The van der Waals surface area contributed by atoms with Gasteiger partial charge in [-0.05, 0) is 34.2 Å². The van der Waals surface area contributed by atoms with E-state index in [1.54, 1.807) is 11.3 Å². The number of nitrogens with zero attached hydrogens (tertiary/aromatic N) is 1. The van der Waals surface area contributed by atoms with Gasteiger partial charge in [0.15, 0.2) is 0 Å². The predicted molar refractivity (Wildman–Crippen MR) is 80.5 cm³/mol. The molecule has 110 valence electrons. The third-order valence-corrected chi connectivity index (χ3v) is 4.57. The van der Waals surface area contributed by atoms with Gasteiger partial charge in [0.2, 0.25) is 11.8 Å². The van der Waals surface area contributed by atoms with Crippen molar-refractivity contribution in [1.82, 2.24) is 10.2 Å². The van der Waals surface area contributed by atoms with Crippen molar-refractivity contribution >= 4 is 23.2 Å². The lowest BCUT2D eigenvalue weighted by atomic mass is 9.86.